The van der Waals surface area contributed by atoms with Crippen molar-refractivity contribution in [2.24, 2.45) is 0 Å². The van der Waals surface area contributed by atoms with E-state index in [1.165, 1.54) is 6.07 Å². The molecule has 1 aromatic heterocycles. The van der Waals surface area contributed by atoms with Gasteiger partial charge in [-0.1, -0.05) is 23.2 Å². The van der Waals surface area contributed by atoms with Crippen LogP contribution < -0.4 is 0 Å². The zero-order valence-corrected chi connectivity index (χ0v) is 13.7. The second kappa shape index (κ2) is 9.89. The molecule has 0 radical (unpaired) electrons. The third kappa shape index (κ3) is 6.13. The number of rotatable bonds is 9. The minimum Gasteiger partial charge on any atom is -0.380 e. The van der Waals surface area contributed by atoms with Gasteiger partial charge in [0.05, 0.1) is 18.8 Å². The fraction of sp³-hybridized carbons (Fsp3) is 0.615. The molecule has 8 heteroatoms. The van der Waals surface area contributed by atoms with E-state index in [0.29, 0.717) is 39.5 Å². The first kappa shape index (κ1) is 18.1. The Morgan fingerprint density at radius 1 is 1.14 bits per heavy atom. The molecule has 0 saturated heterocycles. The van der Waals surface area contributed by atoms with Gasteiger partial charge in [0.15, 0.2) is 10.3 Å². The SMILES string of the molecule is CCOCCN(CCOCC)C(=O)c1cc(Cl)nnc1Cl. The van der Waals surface area contributed by atoms with Crippen molar-refractivity contribution in [2.75, 3.05) is 39.5 Å². The quantitative estimate of drug-likeness (QED) is 0.648. The van der Waals surface area contributed by atoms with E-state index in [2.05, 4.69) is 10.2 Å². The number of hydrogen-bond acceptors (Lipinski definition) is 5. The van der Waals surface area contributed by atoms with Crippen LogP contribution in [0.2, 0.25) is 10.3 Å². The van der Waals surface area contributed by atoms with Crippen LogP contribution in [0.5, 0.6) is 0 Å². The van der Waals surface area contributed by atoms with E-state index in [1.54, 1.807) is 4.90 Å². The molecule has 1 heterocycles. The van der Waals surface area contributed by atoms with Gasteiger partial charge < -0.3 is 14.4 Å². The first-order chi connectivity index (χ1) is 10.1. The van der Waals surface area contributed by atoms with Gasteiger partial charge in [0.2, 0.25) is 0 Å². The molecule has 0 fully saturated rings. The van der Waals surface area contributed by atoms with E-state index in [1.807, 2.05) is 13.8 Å². The summed E-state index contributed by atoms with van der Waals surface area (Å²) in [5.41, 5.74) is 0.227. The highest BCUT2D eigenvalue weighted by Gasteiger charge is 2.20. The number of amides is 1. The summed E-state index contributed by atoms with van der Waals surface area (Å²) in [5.74, 6) is -0.267. The van der Waals surface area contributed by atoms with E-state index >= 15 is 0 Å². The number of carbonyl (C=O) groups is 1. The molecule has 0 bridgehead atoms. The molecule has 6 nitrogen and oxygen atoms in total. The maximum absolute atomic E-state index is 12.5. The molecule has 0 unspecified atom stereocenters. The topological polar surface area (TPSA) is 64.6 Å². The molecule has 0 aliphatic rings. The number of aromatic nitrogens is 2. The third-order valence-electron chi connectivity index (χ3n) is 2.66. The van der Waals surface area contributed by atoms with Crippen molar-refractivity contribution in [3.63, 3.8) is 0 Å². The molecule has 1 aromatic rings. The highest BCUT2D eigenvalue weighted by Crippen LogP contribution is 2.17. The second-order valence-electron chi connectivity index (χ2n) is 4.06. The Morgan fingerprint density at radius 2 is 1.71 bits per heavy atom. The van der Waals surface area contributed by atoms with Gasteiger partial charge in [0.1, 0.15) is 0 Å². The minimum atomic E-state index is -0.267. The standard InChI is InChI=1S/C13H19Cl2N3O3/c1-3-20-7-5-18(6-8-21-4-2)13(19)10-9-11(14)16-17-12(10)15/h9H,3-8H2,1-2H3. The van der Waals surface area contributed by atoms with Crippen LogP contribution in [0.15, 0.2) is 6.07 Å². The van der Waals surface area contributed by atoms with E-state index in [-0.39, 0.29) is 21.8 Å². The second-order valence-corrected chi connectivity index (χ2v) is 4.80. The van der Waals surface area contributed by atoms with Crippen molar-refractivity contribution >= 4 is 29.1 Å². The first-order valence-corrected chi connectivity index (χ1v) is 7.49. The van der Waals surface area contributed by atoms with E-state index in [0.717, 1.165) is 0 Å². The lowest BCUT2D eigenvalue weighted by Crippen LogP contribution is -2.37. The van der Waals surface area contributed by atoms with Crippen LogP contribution in [0.4, 0.5) is 0 Å². The van der Waals surface area contributed by atoms with Gasteiger partial charge >= 0.3 is 0 Å². The van der Waals surface area contributed by atoms with Crippen molar-refractivity contribution in [1.29, 1.82) is 0 Å². The zero-order valence-electron chi connectivity index (χ0n) is 12.1. The predicted octanol–water partition coefficient (Wildman–Crippen LogP) is 2.30. The molecule has 1 amide bonds. The lowest BCUT2D eigenvalue weighted by atomic mass is 10.2. The zero-order chi connectivity index (χ0) is 15.7. The summed E-state index contributed by atoms with van der Waals surface area (Å²) in [6.45, 7) is 6.75. The Hall–Kier alpha value is -0.950. The van der Waals surface area contributed by atoms with Crippen LogP contribution in [0.3, 0.4) is 0 Å². The molecule has 0 spiro atoms. The molecule has 0 N–H and O–H groups in total. The van der Waals surface area contributed by atoms with Crippen molar-refractivity contribution in [3.8, 4) is 0 Å². The molecule has 0 aliphatic carbocycles. The normalized spacial score (nSPS) is 10.7. The molecule has 0 aliphatic heterocycles. The van der Waals surface area contributed by atoms with Gasteiger partial charge in [0.25, 0.3) is 5.91 Å². The summed E-state index contributed by atoms with van der Waals surface area (Å²) in [6.07, 6.45) is 0. The van der Waals surface area contributed by atoms with Gasteiger partial charge in [-0.15, -0.1) is 10.2 Å². The fourth-order valence-corrected chi connectivity index (χ4v) is 1.95. The highest BCUT2D eigenvalue weighted by atomic mass is 35.5. The summed E-state index contributed by atoms with van der Waals surface area (Å²) in [7, 11) is 0. The van der Waals surface area contributed by atoms with Crippen LogP contribution in [0.25, 0.3) is 0 Å². The van der Waals surface area contributed by atoms with Crippen LogP contribution in [-0.2, 0) is 9.47 Å². The molecular weight excluding hydrogens is 317 g/mol. The lowest BCUT2D eigenvalue weighted by molar-refractivity contribution is 0.0549. The summed E-state index contributed by atoms with van der Waals surface area (Å²) in [6, 6.07) is 1.41. The highest BCUT2D eigenvalue weighted by molar-refractivity contribution is 6.34. The number of halogens is 2. The van der Waals surface area contributed by atoms with Crippen molar-refractivity contribution in [2.45, 2.75) is 13.8 Å². The number of nitrogens with zero attached hydrogens (tertiary/aromatic N) is 3. The maximum Gasteiger partial charge on any atom is 0.257 e. The van der Waals surface area contributed by atoms with Crippen LogP contribution in [0, 0.1) is 0 Å². The van der Waals surface area contributed by atoms with Gasteiger partial charge in [-0.2, -0.15) is 0 Å². The van der Waals surface area contributed by atoms with E-state index < -0.39 is 0 Å². The summed E-state index contributed by atoms with van der Waals surface area (Å²) in [4.78, 5) is 14.1. The van der Waals surface area contributed by atoms with Crippen LogP contribution in [0.1, 0.15) is 24.2 Å². The maximum atomic E-state index is 12.5. The molecule has 1 rings (SSSR count). The van der Waals surface area contributed by atoms with E-state index in [9.17, 15) is 4.79 Å². The average molecular weight is 336 g/mol. The summed E-state index contributed by atoms with van der Waals surface area (Å²) in [5, 5.41) is 7.40. The van der Waals surface area contributed by atoms with E-state index in [4.69, 9.17) is 32.7 Å². The van der Waals surface area contributed by atoms with Crippen molar-refractivity contribution < 1.29 is 14.3 Å². The van der Waals surface area contributed by atoms with Crippen LogP contribution in [-0.4, -0.2) is 60.5 Å². The number of hydrogen-bond donors (Lipinski definition) is 0. The van der Waals surface area contributed by atoms with Gasteiger partial charge in [0, 0.05) is 26.3 Å². The third-order valence-corrected chi connectivity index (χ3v) is 3.12. The Balaban J connectivity index is 2.79. The Kier molecular flexibility index (Phi) is 8.52. The fourth-order valence-electron chi connectivity index (χ4n) is 1.63. The number of carbonyl (C=O) groups excluding carboxylic acids is 1. The van der Waals surface area contributed by atoms with Crippen molar-refractivity contribution in [1.82, 2.24) is 15.1 Å². The number of ether oxygens (including phenoxy) is 2. The monoisotopic (exact) mass is 335 g/mol. The molecule has 0 aromatic carbocycles. The van der Waals surface area contributed by atoms with Crippen LogP contribution >= 0.6 is 23.2 Å². The summed E-state index contributed by atoms with van der Waals surface area (Å²) >= 11 is 11.7. The first-order valence-electron chi connectivity index (χ1n) is 6.73. The average Bonchev–Trinajstić information content (AvgIpc) is 2.48. The molecule has 0 atom stereocenters. The van der Waals surface area contributed by atoms with Gasteiger partial charge in [-0.05, 0) is 19.9 Å². The van der Waals surface area contributed by atoms with Crippen molar-refractivity contribution in [3.05, 3.63) is 21.9 Å². The molecule has 21 heavy (non-hydrogen) atoms. The van der Waals surface area contributed by atoms with Gasteiger partial charge in [-0.3, -0.25) is 4.79 Å². The predicted molar refractivity (Wildman–Crippen MR) is 80.9 cm³/mol. The largest absolute Gasteiger partial charge is 0.380 e. The molecule has 118 valence electrons. The smallest absolute Gasteiger partial charge is 0.257 e. The Bertz CT molecular complexity index is 450. The lowest BCUT2D eigenvalue weighted by Gasteiger charge is -2.22. The molecular formula is C13H19Cl2N3O3. The van der Waals surface area contributed by atoms with Gasteiger partial charge in [-0.25, -0.2) is 0 Å². The Labute approximate surface area is 134 Å². The molecule has 0 saturated carbocycles. The Morgan fingerprint density at radius 3 is 2.24 bits per heavy atom. The minimum absolute atomic E-state index is 0.0298. The summed E-state index contributed by atoms with van der Waals surface area (Å²) < 4.78 is 10.6.